The number of hydrogen-bond donors (Lipinski definition) is 1. The first kappa shape index (κ1) is 31.3. The third-order valence-electron chi connectivity index (χ3n) is 10.3. The van der Waals surface area contributed by atoms with E-state index in [0.29, 0.717) is 51.4 Å². The number of amides is 2. The Balaban J connectivity index is 1.14. The smallest absolute Gasteiger partial charge is 0.238 e. The van der Waals surface area contributed by atoms with Crippen LogP contribution in [-0.2, 0) is 19.2 Å². The van der Waals surface area contributed by atoms with Crippen molar-refractivity contribution in [2.75, 3.05) is 19.1 Å². The number of carbonyl (C=O) groups excluding carboxylic acids is 4. The van der Waals surface area contributed by atoms with Gasteiger partial charge in [0.2, 0.25) is 23.5 Å². The Morgan fingerprint density at radius 1 is 0.940 bits per heavy atom. The van der Waals surface area contributed by atoms with Crippen LogP contribution in [0.25, 0.3) is 28.6 Å². The Hall–Kier alpha value is -6.03. The molecule has 50 heavy (non-hydrogen) atoms. The minimum atomic E-state index is -0.702. The lowest BCUT2D eigenvalue weighted by Gasteiger charge is -2.41. The molecule has 2 amide bonds. The second kappa shape index (κ2) is 11.8. The Labute approximate surface area is 287 Å². The van der Waals surface area contributed by atoms with Gasteiger partial charge in [-0.05, 0) is 85.9 Å². The number of carbonyl (C=O) groups is 4. The first-order valence-electron chi connectivity index (χ1n) is 16.4. The lowest BCUT2D eigenvalue weighted by Crippen LogP contribution is -2.40. The zero-order valence-corrected chi connectivity index (χ0v) is 27.5. The minimum absolute atomic E-state index is 0.139. The predicted molar refractivity (Wildman–Crippen MR) is 184 cm³/mol. The molecule has 4 unspecified atom stereocenters. The maximum absolute atomic E-state index is 14.3. The zero-order chi connectivity index (χ0) is 34.8. The van der Waals surface area contributed by atoms with Crippen LogP contribution in [0.2, 0.25) is 0 Å². The van der Waals surface area contributed by atoms with Gasteiger partial charge >= 0.3 is 0 Å². The van der Waals surface area contributed by atoms with Gasteiger partial charge in [-0.3, -0.25) is 24.1 Å². The van der Waals surface area contributed by atoms with Crippen LogP contribution >= 0.6 is 0 Å². The molecule has 1 aromatic heterocycles. The van der Waals surface area contributed by atoms with Gasteiger partial charge < -0.3 is 19.0 Å². The van der Waals surface area contributed by atoms with Crippen molar-refractivity contribution in [2.24, 2.45) is 23.7 Å². The highest BCUT2D eigenvalue weighted by molar-refractivity contribution is 6.24. The minimum Gasteiger partial charge on any atom is -0.502 e. The third-order valence-corrected chi connectivity index (χ3v) is 10.3. The van der Waals surface area contributed by atoms with E-state index >= 15 is 0 Å². The summed E-state index contributed by atoms with van der Waals surface area (Å²) in [5, 5.41) is 10.4. The number of aromatic nitrogens is 1. The van der Waals surface area contributed by atoms with E-state index in [2.05, 4.69) is 4.98 Å². The molecule has 1 N–H and O–H groups in total. The molecule has 250 valence electrons. The number of methoxy groups -OCH3 is 2. The number of para-hydroxylation sites is 2. The van der Waals surface area contributed by atoms with Crippen LogP contribution in [0.1, 0.15) is 25.3 Å². The maximum atomic E-state index is 14.3. The summed E-state index contributed by atoms with van der Waals surface area (Å²) in [6.45, 7) is 1.62. The number of aromatic hydroxyl groups is 1. The van der Waals surface area contributed by atoms with E-state index in [-0.39, 0.29) is 47.1 Å². The van der Waals surface area contributed by atoms with Crippen molar-refractivity contribution in [1.29, 1.82) is 0 Å². The summed E-state index contributed by atoms with van der Waals surface area (Å²) in [5.41, 5.74) is 5.13. The number of fused-ring (bicyclic) bond motifs is 4. The van der Waals surface area contributed by atoms with Crippen LogP contribution in [0.5, 0.6) is 17.2 Å². The molecule has 4 aromatic rings. The number of hydrogen-bond acceptors (Lipinski definition) is 9. The normalized spacial score (nSPS) is 23.2. The zero-order valence-electron chi connectivity index (χ0n) is 27.5. The SMILES string of the molecule is COc1cc(C=CC2C3=CCC4C(=O)N(c5ccc(-c6nc7ccccc7o6)cc5)C(=O)C4C3CC3=C2C(=O)C=C(C)C3=O)cc(OC)c1O. The molecule has 1 saturated heterocycles. The summed E-state index contributed by atoms with van der Waals surface area (Å²) in [6, 6.07) is 17.7. The van der Waals surface area contributed by atoms with Gasteiger partial charge in [-0.15, -0.1) is 0 Å². The average molecular weight is 669 g/mol. The predicted octanol–water partition coefficient (Wildman–Crippen LogP) is 6.40. The summed E-state index contributed by atoms with van der Waals surface area (Å²) >= 11 is 0. The van der Waals surface area contributed by atoms with Gasteiger partial charge in [0.05, 0.1) is 31.7 Å². The van der Waals surface area contributed by atoms with Gasteiger partial charge in [-0.2, -0.15) is 0 Å². The standard InChI is InChI=1S/C40H32N2O8/c1-20-16-30(43)34-25(13-8-21-17-32(48-2)37(45)33(18-21)49-3)24-14-15-26-35(27(24)19-28(34)36(20)44)40(47)42(39(26)46)23-11-9-22(10-12-23)38-41-29-6-4-5-7-31(29)50-38/h4-14,16-18,25-27,35,45H,15,19H2,1-3H3. The number of nitrogens with zero attached hydrogens (tertiary/aromatic N) is 2. The molecule has 8 rings (SSSR count). The number of oxazole rings is 1. The molecular weight excluding hydrogens is 636 g/mol. The molecule has 2 heterocycles. The van der Waals surface area contributed by atoms with E-state index in [0.717, 1.165) is 11.1 Å². The Bertz CT molecular complexity index is 2210. The highest BCUT2D eigenvalue weighted by Gasteiger charge is 2.56. The van der Waals surface area contributed by atoms with Gasteiger partial charge in [-0.25, -0.2) is 4.98 Å². The van der Waals surface area contributed by atoms with Crippen molar-refractivity contribution in [1.82, 2.24) is 4.98 Å². The molecule has 1 aliphatic heterocycles. The fraction of sp³-hybridized carbons (Fsp3) is 0.225. The largest absolute Gasteiger partial charge is 0.502 e. The fourth-order valence-electron chi connectivity index (χ4n) is 7.88. The van der Waals surface area contributed by atoms with Crippen LogP contribution in [0.4, 0.5) is 5.69 Å². The summed E-state index contributed by atoms with van der Waals surface area (Å²) < 4.78 is 16.5. The van der Waals surface area contributed by atoms with Crippen molar-refractivity contribution < 1.29 is 38.2 Å². The van der Waals surface area contributed by atoms with Crippen LogP contribution in [-0.4, -0.2) is 47.7 Å². The quantitative estimate of drug-likeness (QED) is 0.141. The third kappa shape index (κ3) is 4.81. The number of benzene rings is 3. The molecule has 1 fully saturated rings. The first-order valence-corrected chi connectivity index (χ1v) is 16.4. The van der Waals surface area contributed by atoms with Gasteiger partial charge in [0, 0.05) is 28.2 Å². The second-order valence-corrected chi connectivity index (χ2v) is 13.0. The summed E-state index contributed by atoms with van der Waals surface area (Å²) in [6.07, 6.45) is 7.47. The van der Waals surface area contributed by atoms with Gasteiger partial charge in [-0.1, -0.05) is 35.9 Å². The monoisotopic (exact) mass is 668 g/mol. The number of ether oxygens (including phenoxy) is 2. The summed E-state index contributed by atoms with van der Waals surface area (Å²) in [5.74, 6) is -2.74. The molecular formula is C40H32N2O8. The highest BCUT2D eigenvalue weighted by atomic mass is 16.5. The van der Waals surface area contributed by atoms with Crippen molar-refractivity contribution in [3.8, 4) is 28.7 Å². The van der Waals surface area contributed by atoms with Crippen molar-refractivity contribution >= 4 is 46.2 Å². The van der Waals surface area contributed by atoms with Crippen molar-refractivity contribution in [3.05, 3.63) is 107 Å². The molecule has 4 aliphatic rings. The summed E-state index contributed by atoms with van der Waals surface area (Å²) in [7, 11) is 2.87. The molecule has 0 radical (unpaired) electrons. The molecule has 0 spiro atoms. The number of rotatable bonds is 6. The maximum Gasteiger partial charge on any atom is 0.238 e. The lowest BCUT2D eigenvalue weighted by atomic mass is 9.60. The van der Waals surface area contributed by atoms with Crippen LogP contribution in [0.15, 0.2) is 106 Å². The number of phenolic OH excluding ortho intramolecular Hbond substituents is 1. The molecule has 4 atom stereocenters. The van der Waals surface area contributed by atoms with E-state index in [1.807, 2.05) is 36.4 Å². The Kier molecular flexibility index (Phi) is 7.40. The summed E-state index contributed by atoms with van der Waals surface area (Å²) in [4.78, 5) is 61.1. The van der Waals surface area contributed by atoms with Crippen molar-refractivity contribution in [2.45, 2.75) is 19.8 Å². The molecule has 3 aromatic carbocycles. The highest BCUT2D eigenvalue weighted by Crippen LogP contribution is 2.53. The second-order valence-electron chi connectivity index (χ2n) is 13.0. The van der Waals surface area contributed by atoms with Gasteiger partial charge in [0.25, 0.3) is 0 Å². The average Bonchev–Trinajstić information content (AvgIpc) is 3.67. The topological polar surface area (TPSA) is 136 Å². The number of ketones is 2. The number of allylic oxidation sites excluding steroid dienone is 7. The number of Topliss-reactive ketones (excluding diaryl/α,β-unsaturated/α-hetero) is 1. The van der Waals surface area contributed by atoms with E-state index in [1.165, 1.54) is 25.2 Å². The molecule has 0 bridgehead atoms. The lowest BCUT2D eigenvalue weighted by molar-refractivity contribution is -0.123. The van der Waals surface area contributed by atoms with Crippen LogP contribution < -0.4 is 14.4 Å². The van der Waals surface area contributed by atoms with E-state index in [4.69, 9.17) is 13.9 Å². The molecule has 0 saturated carbocycles. The van der Waals surface area contributed by atoms with E-state index in [9.17, 15) is 24.3 Å². The van der Waals surface area contributed by atoms with Crippen molar-refractivity contribution in [3.63, 3.8) is 0 Å². The van der Waals surface area contributed by atoms with Crippen LogP contribution in [0, 0.1) is 23.7 Å². The Morgan fingerprint density at radius 2 is 1.66 bits per heavy atom. The van der Waals surface area contributed by atoms with Gasteiger partial charge in [0.15, 0.2) is 28.6 Å². The van der Waals surface area contributed by atoms with Crippen LogP contribution in [0.3, 0.4) is 0 Å². The molecule has 10 heteroatoms. The van der Waals surface area contributed by atoms with Gasteiger partial charge in [0.1, 0.15) is 5.52 Å². The fourth-order valence-corrected chi connectivity index (χ4v) is 7.88. The van der Waals surface area contributed by atoms with E-state index in [1.54, 1.807) is 49.4 Å². The first-order chi connectivity index (χ1) is 24.2. The number of phenols is 1. The molecule has 3 aliphatic carbocycles. The van der Waals surface area contributed by atoms with E-state index < -0.39 is 23.7 Å². The Morgan fingerprint density at radius 3 is 2.36 bits per heavy atom. The number of imide groups is 1. The molecule has 10 nitrogen and oxygen atoms in total. The number of anilines is 1.